The number of amides is 1. The maximum absolute atomic E-state index is 10.7. The fourth-order valence-electron chi connectivity index (χ4n) is 0.866. The van der Waals surface area contributed by atoms with Crippen LogP contribution in [0.2, 0.25) is 0 Å². The number of rotatable bonds is 4. The molecule has 0 rings (SSSR count). The van der Waals surface area contributed by atoms with E-state index >= 15 is 0 Å². The predicted molar refractivity (Wildman–Crippen MR) is 44.5 cm³/mol. The Morgan fingerprint density at radius 2 is 1.92 bits per heavy atom. The lowest BCUT2D eigenvalue weighted by molar-refractivity contribution is -0.118. The van der Waals surface area contributed by atoms with Crippen LogP contribution in [0.4, 0.5) is 0 Å². The van der Waals surface area contributed by atoms with Gasteiger partial charge in [0.05, 0.1) is 0 Å². The summed E-state index contributed by atoms with van der Waals surface area (Å²) in [6.07, 6.45) is 0.125. The molecule has 0 heterocycles. The monoisotopic (exact) mass is 195 g/mol. The summed E-state index contributed by atoms with van der Waals surface area (Å²) in [4.78, 5) is 28.0. The van der Waals surface area contributed by atoms with Gasteiger partial charge in [0.25, 0.3) is 0 Å². The molecule has 0 aliphatic heterocycles. The molecule has 0 saturated carbocycles. The molecule has 0 aliphatic rings. The van der Waals surface area contributed by atoms with E-state index in [0.717, 1.165) is 0 Å². The van der Waals surface area contributed by atoms with Gasteiger partial charge in [0.15, 0.2) is 0 Å². The number of nitrogens with two attached hydrogens (primary N) is 1. The van der Waals surface area contributed by atoms with E-state index in [1.807, 2.05) is 0 Å². The van der Waals surface area contributed by atoms with Crippen molar-refractivity contribution in [2.24, 2.45) is 11.7 Å². The fourth-order valence-corrected chi connectivity index (χ4v) is 1.89. The van der Waals surface area contributed by atoms with E-state index in [9.17, 15) is 9.36 Å². The van der Waals surface area contributed by atoms with Crippen molar-refractivity contribution in [1.29, 1.82) is 0 Å². The van der Waals surface area contributed by atoms with Crippen molar-refractivity contribution in [3.05, 3.63) is 0 Å². The molecular formula is C6H14NO4P. The van der Waals surface area contributed by atoms with E-state index in [1.165, 1.54) is 0 Å². The van der Waals surface area contributed by atoms with E-state index in [2.05, 4.69) is 0 Å². The normalized spacial score (nSPS) is 14.8. The highest BCUT2D eigenvalue weighted by Crippen LogP contribution is 2.43. The van der Waals surface area contributed by atoms with E-state index < -0.39 is 19.2 Å². The minimum atomic E-state index is -4.36. The van der Waals surface area contributed by atoms with Crippen molar-refractivity contribution in [2.75, 3.05) is 0 Å². The second kappa shape index (κ2) is 4.03. The minimum Gasteiger partial charge on any atom is -0.369 e. The summed E-state index contributed by atoms with van der Waals surface area (Å²) in [5.74, 6) is -0.896. The maximum Gasteiger partial charge on any atom is 0.337 e. The summed E-state index contributed by atoms with van der Waals surface area (Å²) in [5, 5.41) is 0. The predicted octanol–water partition coefficient (Wildman–Crippen LogP) is 0.0641. The summed E-state index contributed by atoms with van der Waals surface area (Å²) in [6.45, 7) is 3.54. The molecule has 1 amide bonds. The molecule has 0 spiro atoms. The third-order valence-corrected chi connectivity index (χ3v) is 2.71. The SMILES string of the molecule is CC(C)CC(C(N)=O)P(=O)(O)O. The van der Waals surface area contributed by atoms with Crippen molar-refractivity contribution in [3.8, 4) is 0 Å². The van der Waals surface area contributed by atoms with Gasteiger partial charge in [0.2, 0.25) is 5.91 Å². The van der Waals surface area contributed by atoms with E-state index in [4.69, 9.17) is 15.5 Å². The van der Waals surface area contributed by atoms with Gasteiger partial charge in [0.1, 0.15) is 5.66 Å². The van der Waals surface area contributed by atoms with Gasteiger partial charge in [-0.1, -0.05) is 13.8 Å². The Kier molecular flexibility index (Phi) is 3.90. The van der Waals surface area contributed by atoms with Gasteiger partial charge in [-0.15, -0.1) is 0 Å². The van der Waals surface area contributed by atoms with Crippen molar-refractivity contribution >= 4 is 13.5 Å². The molecule has 5 nitrogen and oxygen atoms in total. The van der Waals surface area contributed by atoms with Crippen molar-refractivity contribution in [1.82, 2.24) is 0 Å². The van der Waals surface area contributed by atoms with Crippen LogP contribution in [0.25, 0.3) is 0 Å². The Morgan fingerprint density at radius 3 is 2.00 bits per heavy atom. The van der Waals surface area contributed by atoms with Gasteiger partial charge in [-0.25, -0.2) is 0 Å². The topological polar surface area (TPSA) is 101 Å². The zero-order chi connectivity index (χ0) is 9.94. The van der Waals surface area contributed by atoms with Crippen LogP contribution in [0, 0.1) is 5.92 Å². The first-order valence-corrected chi connectivity index (χ1v) is 5.27. The van der Waals surface area contributed by atoms with Crippen LogP contribution in [-0.4, -0.2) is 21.4 Å². The summed E-state index contributed by atoms with van der Waals surface area (Å²) in [7, 11) is -4.36. The van der Waals surface area contributed by atoms with Gasteiger partial charge in [-0.2, -0.15) is 0 Å². The zero-order valence-electron chi connectivity index (χ0n) is 7.10. The molecule has 0 saturated heterocycles. The molecule has 0 radical (unpaired) electrons. The average molecular weight is 195 g/mol. The van der Waals surface area contributed by atoms with Crippen LogP contribution in [0.1, 0.15) is 20.3 Å². The van der Waals surface area contributed by atoms with E-state index in [0.29, 0.717) is 0 Å². The molecule has 0 aromatic heterocycles. The average Bonchev–Trinajstić information content (AvgIpc) is 1.79. The highest BCUT2D eigenvalue weighted by molar-refractivity contribution is 7.53. The third-order valence-electron chi connectivity index (χ3n) is 1.43. The molecule has 6 heteroatoms. The van der Waals surface area contributed by atoms with Gasteiger partial charge in [-0.05, 0) is 12.3 Å². The molecule has 1 atom stereocenters. The van der Waals surface area contributed by atoms with Crippen LogP contribution in [0.5, 0.6) is 0 Å². The first-order valence-electron chi connectivity index (χ1n) is 3.59. The first kappa shape index (κ1) is 11.6. The second-order valence-corrected chi connectivity index (χ2v) is 4.94. The second-order valence-electron chi connectivity index (χ2n) is 3.14. The third kappa shape index (κ3) is 3.85. The molecule has 4 N–H and O–H groups in total. The standard InChI is InChI=1S/C6H14NO4P/c1-4(2)3-5(6(7)8)12(9,10)11/h4-5H,3H2,1-2H3,(H2,7,8)(H2,9,10,11). The largest absolute Gasteiger partial charge is 0.369 e. The van der Waals surface area contributed by atoms with Crippen LogP contribution in [0.3, 0.4) is 0 Å². The molecule has 0 bridgehead atoms. The lowest BCUT2D eigenvalue weighted by Gasteiger charge is -2.16. The number of carbonyl (C=O) groups is 1. The van der Waals surface area contributed by atoms with Crippen LogP contribution in [-0.2, 0) is 9.36 Å². The number of carbonyl (C=O) groups excluding carboxylic acids is 1. The van der Waals surface area contributed by atoms with Crippen LogP contribution >= 0.6 is 7.60 Å². The summed E-state index contributed by atoms with van der Waals surface area (Å²) >= 11 is 0. The Morgan fingerprint density at radius 1 is 1.50 bits per heavy atom. The van der Waals surface area contributed by atoms with Gasteiger partial charge in [-0.3, -0.25) is 9.36 Å². The molecule has 72 valence electrons. The number of hydrogen-bond donors (Lipinski definition) is 3. The molecular weight excluding hydrogens is 181 g/mol. The summed E-state index contributed by atoms with van der Waals surface area (Å²) in [6, 6.07) is 0. The molecule has 12 heavy (non-hydrogen) atoms. The Balaban J connectivity index is 4.47. The number of primary amides is 1. The highest BCUT2D eigenvalue weighted by atomic mass is 31.2. The molecule has 0 fully saturated rings. The lowest BCUT2D eigenvalue weighted by atomic mass is 10.1. The van der Waals surface area contributed by atoms with Crippen LogP contribution < -0.4 is 5.73 Å². The van der Waals surface area contributed by atoms with Crippen molar-refractivity contribution in [3.63, 3.8) is 0 Å². The van der Waals surface area contributed by atoms with Crippen molar-refractivity contribution in [2.45, 2.75) is 25.9 Å². The van der Waals surface area contributed by atoms with Crippen molar-refractivity contribution < 1.29 is 19.1 Å². The Hall–Kier alpha value is -0.380. The first-order chi connectivity index (χ1) is 5.25. The quantitative estimate of drug-likeness (QED) is 0.552. The summed E-state index contributed by atoms with van der Waals surface area (Å²) < 4.78 is 10.7. The molecule has 0 aliphatic carbocycles. The molecule has 0 aromatic rings. The maximum atomic E-state index is 10.7. The van der Waals surface area contributed by atoms with E-state index in [1.54, 1.807) is 13.8 Å². The number of hydrogen-bond acceptors (Lipinski definition) is 2. The Labute approximate surface area is 71.1 Å². The van der Waals surface area contributed by atoms with Crippen LogP contribution in [0.15, 0.2) is 0 Å². The zero-order valence-corrected chi connectivity index (χ0v) is 7.99. The smallest absolute Gasteiger partial charge is 0.337 e. The van der Waals surface area contributed by atoms with E-state index in [-0.39, 0.29) is 12.3 Å². The van der Waals surface area contributed by atoms with Gasteiger partial charge >= 0.3 is 7.60 Å². The highest BCUT2D eigenvalue weighted by Gasteiger charge is 2.34. The molecule has 1 unspecified atom stereocenters. The lowest BCUT2D eigenvalue weighted by Crippen LogP contribution is -2.29. The van der Waals surface area contributed by atoms with Gasteiger partial charge < -0.3 is 15.5 Å². The summed E-state index contributed by atoms with van der Waals surface area (Å²) in [5.41, 5.74) is 3.50. The fraction of sp³-hybridized carbons (Fsp3) is 0.833. The Bertz CT molecular complexity index is 210. The molecule has 0 aromatic carbocycles. The van der Waals surface area contributed by atoms with Gasteiger partial charge in [0, 0.05) is 0 Å². The minimum absolute atomic E-state index is 0.0372.